The summed E-state index contributed by atoms with van der Waals surface area (Å²) in [5.41, 5.74) is 3.08. The summed E-state index contributed by atoms with van der Waals surface area (Å²) >= 11 is 12.4. The normalized spacial score (nSPS) is 10.9. The summed E-state index contributed by atoms with van der Waals surface area (Å²) in [5.74, 6) is 1.22. The van der Waals surface area contributed by atoms with Crippen LogP contribution in [0.1, 0.15) is 11.1 Å². The number of carbonyl (C=O) groups excluding carboxylic acids is 1. The Balaban J connectivity index is 1.30. The molecular weight excluding hydrogens is 465 g/mol. The van der Waals surface area contributed by atoms with Gasteiger partial charge in [-0.15, -0.1) is 15.3 Å². The summed E-state index contributed by atoms with van der Waals surface area (Å²) in [6, 6.07) is 14.4. The number of carbonyl (C=O) groups is 1. The van der Waals surface area contributed by atoms with E-state index in [1.165, 1.54) is 0 Å². The van der Waals surface area contributed by atoms with E-state index < -0.39 is 0 Å². The number of aromatic nitrogens is 4. The zero-order chi connectivity index (χ0) is 23.4. The number of amides is 1. The molecule has 0 saturated carbocycles. The summed E-state index contributed by atoms with van der Waals surface area (Å²) in [4.78, 5) is 12.1. The molecule has 2 heterocycles. The van der Waals surface area contributed by atoms with Crippen molar-refractivity contribution in [1.29, 1.82) is 0 Å². The van der Waals surface area contributed by atoms with Crippen LogP contribution >= 0.6 is 23.2 Å². The maximum atomic E-state index is 12.1. The molecule has 1 amide bonds. The van der Waals surface area contributed by atoms with Crippen LogP contribution in [-0.4, -0.2) is 45.5 Å². The molecule has 4 aromatic rings. The lowest BCUT2D eigenvalue weighted by Crippen LogP contribution is -2.32. The Kier molecular flexibility index (Phi) is 6.96. The van der Waals surface area contributed by atoms with Crippen molar-refractivity contribution in [3.63, 3.8) is 0 Å². The monoisotopic (exact) mass is 485 g/mol. The van der Waals surface area contributed by atoms with Crippen LogP contribution in [0.2, 0.25) is 10.0 Å². The molecule has 2 aromatic heterocycles. The van der Waals surface area contributed by atoms with Crippen molar-refractivity contribution >= 4 is 34.8 Å². The van der Waals surface area contributed by atoms with Crippen LogP contribution in [0, 0.1) is 13.8 Å². The predicted molar refractivity (Wildman–Crippen MR) is 126 cm³/mol. The summed E-state index contributed by atoms with van der Waals surface area (Å²) < 4.78 is 12.8. The molecule has 0 bridgehead atoms. The van der Waals surface area contributed by atoms with E-state index in [1.807, 2.05) is 32.0 Å². The minimum Gasteiger partial charge on any atom is -0.484 e. The highest BCUT2D eigenvalue weighted by Gasteiger charge is 2.13. The maximum absolute atomic E-state index is 12.1. The summed E-state index contributed by atoms with van der Waals surface area (Å²) in [6.07, 6.45) is 0. The second-order valence-electron chi connectivity index (χ2n) is 7.30. The van der Waals surface area contributed by atoms with Gasteiger partial charge in [-0.1, -0.05) is 35.3 Å². The number of rotatable bonds is 8. The second-order valence-corrected chi connectivity index (χ2v) is 8.09. The molecule has 2 aromatic carbocycles. The first kappa shape index (κ1) is 22.8. The van der Waals surface area contributed by atoms with Crippen molar-refractivity contribution in [2.75, 3.05) is 19.8 Å². The van der Waals surface area contributed by atoms with Gasteiger partial charge in [0.1, 0.15) is 12.4 Å². The molecule has 0 atom stereocenters. The lowest BCUT2D eigenvalue weighted by Gasteiger charge is -2.11. The van der Waals surface area contributed by atoms with Crippen LogP contribution in [0.25, 0.3) is 17.0 Å². The van der Waals surface area contributed by atoms with Crippen molar-refractivity contribution in [2.45, 2.75) is 13.8 Å². The molecule has 170 valence electrons. The largest absolute Gasteiger partial charge is 0.484 e. The van der Waals surface area contributed by atoms with Crippen molar-refractivity contribution in [1.82, 2.24) is 25.1 Å². The summed E-state index contributed by atoms with van der Waals surface area (Å²) in [5, 5.41) is 16.7. The number of aryl methyl sites for hydroxylation is 2. The number of halogens is 2. The van der Waals surface area contributed by atoms with Crippen LogP contribution in [0.4, 0.5) is 0 Å². The quantitative estimate of drug-likeness (QED) is 0.374. The van der Waals surface area contributed by atoms with E-state index in [0.717, 1.165) is 16.7 Å². The zero-order valence-electron chi connectivity index (χ0n) is 18.0. The Morgan fingerprint density at radius 3 is 2.55 bits per heavy atom. The molecule has 0 unspecified atom stereocenters. The van der Waals surface area contributed by atoms with E-state index in [2.05, 4.69) is 20.6 Å². The van der Waals surface area contributed by atoms with Gasteiger partial charge in [-0.3, -0.25) is 4.79 Å². The second kappa shape index (κ2) is 10.1. The SMILES string of the molecule is Cc1cc(OCC(=O)NCCOc2ccc3nnc(-c4ccccc4Cl)n3n2)cc(C)c1Cl. The van der Waals surface area contributed by atoms with Crippen LogP contribution in [0.3, 0.4) is 0 Å². The molecular formula is C23H21Cl2N5O3. The smallest absolute Gasteiger partial charge is 0.258 e. The lowest BCUT2D eigenvalue weighted by molar-refractivity contribution is -0.123. The van der Waals surface area contributed by atoms with Gasteiger partial charge in [0.25, 0.3) is 5.91 Å². The fraction of sp³-hybridized carbons (Fsp3) is 0.217. The topological polar surface area (TPSA) is 90.6 Å². The molecule has 1 N–H and O–H groups in total. The Labute approximate surface area is 200 Å². The molecule has 0 saturated heterocycles. The molecule has 0 spiro atoms. The maximum Gasteiger partial charge on any atom is 0.258 e. The third-order valence-corrected chi connectivity index (χ3v) is 5.73. The van der Waals surface area contributed by atoms with Crippen LogP contribution in [-0.2, 0) is 4.79 Å². The third kappa shape index (κ3) is 5.35. The van der Waals surface area contributed by atoms with Gasteiger partial charge >= 0.3 is 0 Å². The fourth-order valence-corrected chi connectivity index (χ4v) is 3.52. The molecule has 0 fully saturated rings. The van der Waals surface area contributed by atoms with E-state index in [-0.39, 0.29) is 19.1 Å². The number of nitrogens with zero attached hydrogens (tertiary/aromatic N) is 4. The Hall–Kier alpha value is -3.36. The summed E-state index contributed by atoms with van der Waals surface area (Å²) in [7, 11) is 0. The molecule has 0 aliphatic carbocycles. The molecule has 10 heteroatoms. The van der Waals surface area contributed by atoms with Crippen LogP contribution in [0.15, 0.2) is 48.5 Å². The van der Waals surface area contributed by atoms with Gasteiger partial charge in [0.15, 0.2) is 18.1 Å². The predicted octanol–water partition coefficient (Wildman–Crippen LogP) is 4.29. The van der Waals surface area contributed by atoms with Gasteiger partial charge in [0.05, 0.1) is 11.6 Å². The highest BCUT2D eigenvalue weighted by Crippen LogP contribution is 2.27. The summed E-state index contributed by atoms with van der Waals surface area (Å²) in [6.45, 7) is 4.20. The lowest BCUT2D eigenvalue weighted by atomic mass is 10.1. The molecule has 4 rings (SSSR count). The first-order chi connectivity index (χ1) is 15.9. The number of nitrogens with one attached hydrogen (secondary N) is 1. The van der Waals surface area contributed by atoms with Gasteiger partial charge in [-0.2, -0.15) is 4.52 Å². The minimum atomic E-state index is -0.257. The van der Waals surface area contributed by atoms with Gasteiger partial charge in [-0.25, -0.2) is 0 Å². The number of hydrogen-bond donors (Lipinski definition) is 1. The number of benzene rings is 2. The average Bonchev–Trinajstić information content (AvgIpc) is 3.22. The van der Waals surface area contributed by atoms with E-state index in [4.69, 9.17) is 32.7 Å². The van der Waals surface area contributed by atoms with Crippen molar-refractivity contribution in [3.05, 3.63) is 69.7 Å². The highest BCUT2D eigenvalue weighted by atomic mass is 35.5. The first-order valence-electron chi connectivity index (χ1n) is 10.2. The third-order valence-electron chi connectivity index (χ3n) is 4.81. The Morgan fingerprint density at radius 1 is 1.03 bits per heavy atom. The Bertz CT molecular complexity index is 1290. The number of fused-ring (bicyclic) bond motifs is 1. The van der Waals surface area contributed by atoms with Gasteiger partial charge < -0.3 is 14.8 Å². The van der Waals surface area contributed by atoms with Gasteiger partial charge in [0.2, 0.25) is 5.88 Å². The van der Waals surface area contributed by atoms with E-state index >= 15 is 0 Å². The van der Waals surface area contributed by atoms with E-state index in [1.54, 1.807) is 34.8 Å². The first-order valence-corrected chi connectivity index (χ1v) is 10.9. The molecule has 0 aliphatic heterocycles. The van der Waals surface area contributed by atoms with Crippen LogP contribution in [0.5, 0.6) is 11.6 Å². The number of hydrogen-bond acceptors (Lipinski definition) is 6. The highest BCUT2D eigenvalue weighted by molar-refractivity contribution is 6.33. The fourth-order valence-electron chi connectivity index (χ4n) is 3.20. The minimum absolute atomic E-state index is 0.105. The molecule has 33 heavy (non-hydrogen) atoms. The molecule has 0 aliphatic rings. The van der Waals surface area contributed by atoms with Gasteiger partial charge in [0, 0.05) is 16.7 Å². The molecule has 0 radical (unpaired) electrons. The van der Waals surface area contributed by atoms with Crippen molar-refractivity contribution in [3.8, 4) is 23.0 Å². The van der Waals surface area contributed by atoms with Crippen molar-refractivity contribution in [2.24, 2.45) is 0 Å². The zero-order valence-corrected chi connectivity index (χ0v) is 19.5. The average molecular weight is 486 g/mol. The van der Waals surface area contributed by atoms with E-state index in [0.29, 0.717) is 39.7 Å². The number of ether oxygens (including phenoxy) is 2. The van der Waals surface area contributed by atoms with Gasteiger partial charge in [-0.05, 0) is 55.3 Å². The molecule has 8 nitrogen and oxygen atoms in total. The Morgan fingerprint density at radius 2 is 1.79 bits per heavy atom. The van der Waals surface area contributed by atoms with Crippen molar-refractivity contribution < 1.29 is 14.3 Å². The van der Waals surface area contributed by atoms with Crippen LogP contribution < -0.4 is 14.8 Å². The standard InChI is InChI=1S/C23H21Cl2N5O3/c1-14-11-16(12-15(2)22(14)25)33-13-20(31)26-9-10-32-21-8-7-19-27-28-23(30(19)29-21)17-5-3-4-6-18(17)24/h3-8,11-12H,9-10,13H2,1-2H3,(H,26,31). The van der Waals surface area contributed by atoms with E-state index in [9.17, 15) is 4.79 Å².